The SMILES string of the molecule is CCN(CC)CC(O)CNCCCN(CC)S(C)(=O)=O. The fourth-order valence-electron chi connectivity index (χ4n) is 2.05. The molecule has 0 amide bonds. The zero-order valence-electron chi connectivity index (χ0n) is 13.3. The Kier molecular flexibility index (Phi) is 10.4. The molecule has 0 bridgehead atoms. The number of aliphatic hydroxyl groups is 1. The Morgan fingerprint density at radius 1 is 1.15 bits per heavy atom. The maximum absolute atomic E-state index is 11.4. The quantitative estimate of drug-likeness (QED) is 0.495. The average Bonchev–Trinajstić information content (AvgIpc) is 2.38. The van der Waals surface area contributed by atoms with Crippen LogP contribution < -0.4 is 5.32 Å². The summed E-state index contributed by atoms with van der Waals surface area (Å²) in [7, 11) is -3.09. The lowest BCUT2D eigenvalue weighted by molar-refractivity contribution is 0.117. The molecule has 1 unspecified atom stereocenters. The highest BCUT2D eigenvalue weighted by Crippen LogP contribution is 1.98. The normalized spacial score (nSPS) is 14.2. The third-order valence-electron chi connectivity index (χ3n) is 3.33. The van der Waals surface area contributed by atoms with E-state index in [0.717, 1.165) is 19.5 Å². The number of likely N-dealkylation sites (N-methyl/N-ethyl adjacent to an activating group) is 1. The number of rotatable bonds is 12. The number of nitrogens with one attached hydrogen (secondary N) is 1. The van der Waals surface area contributed by atoms with E-state index in [1.54, 1.807) is 0 Å². The Labute approximate surface area is 124 Å². The molecule has 7 heteroatoms. The summed E-state index contributed by atoms with van der Waals surface area (Å²) < 4.78 is 24.2. The van der Waals surface area contributed by atoms with Crippen molar-refractivity contribution in [3.8, 4) is 0 Å². The molecule has 0 fully saturated rings. The molecular formula is C13H31N3O3S. The van der Waals surface area contributed by atoms with Crippen molar-refractivity contribution in [2.75, 3.05) is 52.1 Å². The molecule has 20 heavy (non-hydrogen) atoms. The van der Waals surface area contributed by atoms with Crippen molar-refractivity contribution in [1.29, 1.82) is 0 Å². The maximum Gasteiger partial charge on any atom is 0.211 e. The van der Waals surface area contributed by atoms with Crippen molar-refractivity contribution in [1.82, 2.24) is 14.5 Å². The zero-order chi connectivity index (χ0) is 15.6. The lowest BCUT2D eigenvalue weighted by atomic mass is 10.3. The second-order valence-electron chi connectivity index (χ2n) is 4.95. The second-order valence-corrected chi connectivity index (χ2v) is 6.93. The minimum atomic E-state index is -3.09. The summed E-state index contributed by atoms with van der Waals surface area (Å²) in [6.07, 6.45) is 1.60. The van der Waals surface area contributed by atoms with Crippen LogP contribution in [0.25, 0.3) is 0 Å². The van der Waals surface area contributed by atoms with Crippen molar-refractivity contribution in [2.45, 2.75) is 33.3 Å². The van der Waals surface area contributed by atoms with E-state index in [1.807, 2.05) is 6.92 Å². The molecule has 6 nitrogen and oxygen atoms in total. The minimum Gasteiger partial charge on any atom is -0.390 e. The molecule has 122 valence electrons. The maximum atomic E-state index is 11.4. The molecule has 0 rings (SSSR count). The summed E-state index contributed by atoms with van der Waals surface area (Å²) in [5.41, 5.74) is 0. The van der Waals surface area contributed by atoms with E-state index in [0.29, 0.717) is 32.7 Å². The Hall–Kier alpha value is -0.210. The Morgan fingerprint density at radius 2 is 1.75 bits per heavy atom. The van der Waals surface area contributed by atoms with Gasteiger partial charge in [0.2, 0.25) is 10.0 Å². The number of nitrogens with zero attached hydrogens (tertiary/aromatic N) is 2. The summed E-state index contributed by atoms with van der Waals surface area (Å²) >= 11 is 0. The lowest BCUT2D eigenvalue weighted by Crippen LogP contribution is -2.39. The van der Waals surface area contributed by atoms with Gasteiger partial charge in [-0.15, -0.1) is 0 Å². The first-order valence-electron chi connectivity index (χ1n) is 7.41. The molecule has 2 N–H and O–H groups in total. The van der Waals surface area contributed by atoms with E-state index < -0.39 is 10.0 Å². The first-order chi connectivity index (χ1) is 9.35. The molecule has 0 radical (unpaired) electrons. The molecule has 0 aliphatic carbocycles. The van der Waals surface area contributed by atoms with E-state index in [1.165, 1.54) is 10.6 Å². The van der Waals surface area contributed by atoms with Crippen molar-refractivity contribution < 1.29 is 13.5 Å². The third-order valence-corrected chi connectivity index (χ3v) is 4.70. The van der Waals surface area contributed by atoms with Crippen LogP contribution in [-0.2, 0) is 10.0 Å². The largest absolute Gasteiger partial charge is 0.390 e. The Bertz CT molecular complexity index is 332. The van der Waals surface area contributed by atoms with E-state index in [2.05, 4.69) is 24.1 Å². The van der Waals surface area contributed by atoms with Gasteiger partial charge in [-0.3, -0.25) is 0 Å². The van der Waals surface area contributed by atoms with Crippen LogP contribution in [-0.4, -0.2) is 80.9 Å². The van der Waals surface area contributed by atoms with Crippen LogP contribution >= 0.6 is 0 Å². The van der Waals surface area contributed by atoms with Gasteiger partial charge in [0.15, 0.2) is 0 Å². The Morgan fingerprint density at radius 3 is 2.20 bits per heavy atom. The van der Waals surface area contributed by atoms with Gasteiger partial charge in [-0.25, -0.2) is 12.7 Å². The van der Waals surface area contributed by atoms with Crippen LogP contribution in [0, 0.1) is 0 Å². The summed E-state index contributed by atoms with van der Waals surface area (Å²) in [6, 6.07) is 0. The highest BCUT2D eigenvalue weighted by molar-refractivity contribution is 7.88. The summed E-state index contributed by atoms with van der Waals surface area (Å²) in [5, 5.41) is 13.0. The molecule has 0 heterocycles. The van der Waals surface area contributed by atoms with Crippen molar-refractivity contribution in [3.63, 3.8) is 0 Å². The van der Waals surface area contributed by atoms with E-state index in [-0.39, 0.29) is 6.10 Å². The minimum absolute atomic E-state index is 0.382. The zero-order valence-corrected chi connectivity index (χ0v) is 14.1. The van der Waals surface area contributed by atoms with Crippen molar-refractivity contribution >= 4 is 10.0 Å². The second kappa shape index (κ2) is 10.5. The molecule has 0 aromatic carbocycles. The van der Waals surface area contributed by atoms with Gasteiger partial charge in [-0.2, -0.15) is 0 Å². The first kappa shape index (κ1) is 19.8. The molecule has 0 aliphatic rings. The van der Waals surface area contributed by atoms with Gasteiger partial charge in [0.1, 0.15) is 0 Å². The van der Waals surface area contributed by atoms with Crippen LogP contribution in [0.4, 0.5) is 0 Å². The summed E-state index contributed by atoms with van der Waals surface area (Å²) in [4.78, 5) is 2.18. The van der Waals surface area contributed by atoms with Crippen molar-refractivity contribution in [2.24, 2.45) is 0 Å². The Balaban J connectivity index is 3.76. The topological polar surface area (TPSA) is 72.9 Å². The van der Waals surface area contributed by atoms with Crippen molar-refractivity contribution in [3.05, 3.63) is 0 Å². The predicted molar refractivity (Wildman–Crippen MR) is 83.4 cm³/mol. The van der Waals surface area contributed by atoms with Crippen LogP contribution in [0.1, 0.15) is 27.2 Å². The van der Waals surface area contributed by atoms with Crippen LogP contribution in [0.2, 0.25) is 0 Å². The lowest BCUT2D eigenvalue weighted by Gasteiger charge is -2.22. The van der Waals surface area contributed by atoms with E-state index in [4.69, 9.17) is 0 Å². The molecular weight excluding hydrogens is 278 g/mol. The van der Waals surface area contributed by atoms with Gasteiger partial charge in [0.05, 0.1) is 12.4 Å². The molecule has 0 saturated heterocycles. The monoisotopic (exact) mass is 309 g/mol. The van der Waals surface area contributed by atoms with Gasteiger partial charge in [-0.1, -0.05) is 20.8 Å². The molecule has 0 aromatic rings. The van der Waals surface area contributed by atoms with Crippen LogP contribution in [0.15, 0.2) is 0 Å². The standard InChI is InChI=1S/C13H31N3O3S/c1-5-15(6-2)12-13(17)11-14-9-8-10-16(7-3)20(4,18)19/h13-14,17H,5-12H2,1-4H3. The van der Waals surface area contributed by atoms with Gasteiger partial charge >= 0.3 is 0 Å². The van der Waals surface area contributed by atoms with E-state index in [9.17, 15) is 13.5 Å². The molecule has 1 atom stereocenters. The van der Waals surface area contributed by atoms with Crippen LogP contribution in [0.5, 0.6) is 0 Å². The summed E-state index contributed by atoms with van der Waals surface area (Å²) in [5.74, 6) is 0. The highest BCUT2D eigenvalue weighted by atomic mass is 32.2. The van der Waals surface area contributed by atoms with Gasteiger partial charge < -0.3 is 15.3 Å². The third kappa shape index (κ3) is 8.86. The fourth-order valence-corrected chi connectivity index (χ4v) is 2.98. The predicted octanol–water partition coefficient (Wildman–Crippen LogP) is -0.0497. The van der Waals surface area contributed by atoms with Gasteiger partial charge in [0.25, 0.3) is 0 Å². The van der Waals surface area contributed by atoms with Crippen LogP contribution in [0.3, 0.4) is 0 Å². The number of sulfonamides is 1. The first-order valence-corrected chi connectivity index (χ1v) is 9.26. The van der Waals surface area contributed by atoms with E-state index >= 15 is 0 Å². The molecule has 0 aliphatic heterocycles. The molecule has 0 aromatic heterocycles. The number of hydrogen-bond donors (Lipinski definition) is 2. The fraction of sp³-hybridized carbons (Fsp3) is 1.00. The molecule has 0 spiro atoms. The summed E-state index contributed by atoms with van der Waals surface area (Å²) in [6.45, 7) is 10.8. The smallest absolute Gasteiger partial charge is 0.211 e. The average molecular weight is 309 g/mol. The molecule has 0 saturated carbocycles. The number of hydrogen-bond acceptors (Lipinski definition) is 5. The van der Waals surface area contributed by atoms with Gasteiger partial charge in [0, 0.05) is 26.2 Å². The highest BCUT2D eigenvalue weighted by Gasteiger charge is 2.13. The number of aliphatic hydroxyl groups excluding tert-OH is 1. The van der Waals surface area contributed by atoms with Gasteiger partial charge in [-0.05, 0) is 26.1 Å².